The van der Waals surface area contributed by atoms with Crippen LogP contribution in [0.1, 0.15) is 90.9 Å². The van der Waals surface area contributed by atoms with Crippen LogP contribution in [-0.4, -0.2) is 116 Å². The Kier molecular flexibility index (Phi) is 36.5. The molecule has 1 rings (SSSR count). The van der Waals surface area contributed by atoms with Crippen molar-refractivity contribution in [3.05, 3.63) is 0 Å². The number of carbonyl (C=O) groups excluding carboxylic acids is 1. The molecule has 7 atom stereocenters. The van der Waals surface area contributed by atoms with Gasteiger partial charge in [0.1, 0.15) is 37.4 Å². The quantitative estimate of drug-likeness (QED) is 0.00679. The molecule has 13 N–H and O–H groups in total. The van der Waals surface area contributed by atoms with Gasteiger partial charge in [0, 0.05) is 12.5 Å². The topological polar surface area (TPSA) is 402 Å². The molecule has 24 nitrogen and oxygen atoms in total. The molecule has 0 radical (unpaired) electrons. The van der Waals surface area contributed by atoms with Crippen molar-refractivity contribution in [1.82, 2.24) is 29.1 Å². The summed E-state index contributed by atoms with van der Waals surface area (Å²) in [5.41, 5.74) is 0. The zero-order chi connectivity index (χ0) is 38.8. The van der Waals surface area contributed by atoms with Gasteiger partial charge in [-0.3, -0.25) is 4.90 Å². The number of anilines is 3. The minimum absolute atomic E-state index is 0. The van der Waals surface area contributed by atoms with Gasteiger partial charge in [0.15, 0.2) is 20.6 Å². The molecule has 55 heavy (non-hydrogen) atoms. The van der Waals surface area contributed by atoms with Crippen LogP contribution in [-0.2, 0) is 50.2 Å². The van der Waals surface area contributed by atoms with Crippen molar-refractivity contribution >= 4 is 55.6 Å². The monoisotopic (exact) mass is 882 g/mol. The molecule has 7 unspecified atom stereocenters. The number of nitrogens with one attached hydrogen (secondary N) is 5. The third kappa shape index (κ3) is 31.1. The molecule has 30 heteroatoms. The predicted molar refractivity (Wildman–Crippen MR) is 182 cm³/mol. The smallest absolute Gasteiger partial charge is 0.735 e. The van der Waals surface area contributed by atoms with E-state index in [9.17, 15) is 64.7 Å². The summed E-state index contributed by atoms with van der Waals surface area (Å²) in [6, 6.07) is -1.20. The predicted octanol–water partition coefficient (Wildman–Crippen LogP) is -12.2. The zero-order valence-corrected chi connectivity index (χ0v) is 40.1. The maximum atomic E-state index is 11.2. The van der Waals surface area contributed by atoms with Gasteiger partial charge < -0.3 is 68.7 Å². The van der Waals surface area contributed by atoms with Crippen LogP contribution in [0, 0.1) is 0 Å². The first-order chi connectivity index (χ1) is 23.7. The molecule has 1 aromatic rings. The van der Waals surface area contributed by atoms with Crippen LogP contribution >= 0.6 is 0 Å². The Balaban J connectivity index is -0.00000325. The van der Waals surface area contributed by atoms with Gasteiger partial charge in [0.25, 0.3) is 0 Å². The van der Waals surface area contributed by atoms with Crippen molar-refractivity contribution in [2.45, 2.75) is 134 Å². The number of hydrogen-bond donors (Lipinski definition) is 10. The van der Waals surface area contributed by atoms with Crippen LogP contribution in [0.2, 0.25) is 0 Å². The van der Waals surface area contributed by atoms with Crippen molar-refractivity contribution in [3.63, 3.8) is 0 Å². The van der Waals surface area contributed by atoms with E-state index in [2.05, 4.69) is 30.3 Å². The molecule has 0 bridgehead atoms. The molecule has 0 spiro atoms. The van der Waals surface area contributed by atoms with Crippen LogP contribution in [0.25, 0.3) is 0 Å². The fraction of sp³-hybridized carbons (Fsp3) is 0.840. The molecule has 0 aliphatic heterocycles. The van der Waals surface area contributed by atoms with Crippen LogP contribution in [0.5, 0.6) is 0 Å². The average Bonchev–Trinajstić information content (AvgIpc) is 2.95. The van der Waals surface area contributed by atoms with Crippen molar-refractivity contribution in [1.29, 1.82) is 0 Å². The second-order valence-electron chi connectivity index (χ2n) is 11.7. The minimum atomic E-state index is -4.92. The Bertz CT molecular complexity index is 1490. The first-order valence-corrected chi connectivity index (χ1v) is 19.8. The van der Waals surface area contributed by atoms with Gasteiger partial charge >= 0.3 is 88.7 Å². The van der Waals surface area contributed by atoms with Gasteiger partial charge in [-0.15, -0.1) is 0 Å². The molecule has 0 saturated heterocycles. The summed E-state index contributed by atoms with van der Waals surface area (Å²) in [7, 11) is -12.1. The van der Waals surface area contributed by atoms with Crippen molar-refractivity contribution in [2.24, 2.45) is 0 Å². The Morgan fingerprint density at radius 2 is 1.09 bits per heavy atom. The number of aromatic nitrogens is 3. The van der Waals surface area contributed by atoms with E-state index in [0.717, 1.165) is 4.90 Å². The number of carbonyl (C=O) groups is 1. The zero-order valence-electron chi connectivity index (χ0n) is 31.6. The Morgan fingerprint density at radius 1 is 0.673 bits per heavy atom. The number of aliphatic hydroxyl groups excluding tert-OH is 5. The van der Waals surface area contributed by atoms with Gasteiger partial charge in [-0.1, -0.05) is 6.92 Å². The van der Waals surface area contributed by atoms with Gasteiger partial charge in [0.05, 0.1) is 0 Å². The van der Waals surface area contributed by atoms with E-state index in [4.69, 9.17) is 0 Å². The second-order valence-corrected chi connectivity index (χ2v) is 14.7. The maximum absolute atomic E-state index is 11.2. The first-order valence-electron chi connectivity index (χ1n) is 15.9. The number of hydrogen-bond acceptors (Lipinski definition) is 21. The summed E-state index contributed by atoms with van der Waals surface area (Å²) in [6.07, 6.45) is -6.05. The van der Waals surface area contributed by atoms with Crippen LogP contribution in [0.15, 0.2) is 0 Å². The summed E-state index contributed by atoms with van der Waals surface area (Å²) in [5, 5.41) is 58.3. The standard InChI is InChI=1S/C25H50N9O14S3.3Na.H2O/c1-16(31-49(41)42)8-5-10-18(36)26-23-28-24(27-19(37)11-7-12-20(38)33-51(46,47)48)30-25(29-23)34(21(39)13-3-4-15-35)22(40)14-6-9-17(2)32-50(43,44)45;;;;/h15-22,32-33,36-40H,3-14H2,1-2H3,(H,31,41,42)(H,43,44,45)(H,46,47,48)(H2,26,27,28,29,30);;;;1H2/q-1;3*+1;/p-1. The molecule has 0 saturated carbocycles. The van der Waals surface area contributed by atoms with Gasteiger partial charge in [-0.25, -0.2) is 21.6 Å². The van der Waals surface area contributed by atoms with Crippen LogP contribution in [0.4, 0.5) is 17.8 Å². The molecule has 0 fully saturated rings. The number of aliphatic hydroxyl groups is 5. The molecular formula is C25H51N9Na3O15S3+. The van der Waals surface area contributed by atoms with Gasteiger partial charge in [-0.05, 0) is 94.5 Å². The Labute approximate surface area is 389 Å². The average molecular weight is 883 g/mol. The van der Waals surface area contributed by atoms with E-state index >= 15 is 0 Å². The number of unbranched alkanes of at least 4 members (excludes halogenated alkanes) is 1. The van der Waals surface area contributed by atoms with E-state index in [1.54, 1.807) is 6.92 Å². The molecule has 306 valence electrons. The molecule has 0 amide bonds. The summed E-state index contributed by atoms with van der Waals surface area (Å²) in [6.45, 7) is 3.07. The molecule has 1 heterocycles. The summed E-state index contributed by atoms with van der Waals surface area (Å²) in [5.74, 6) is -1.01. The van der Waals surface area contributed by atoms with E-state index < -0.39 is 74.7 Å². The van der Waals surface area contributed by atoms with E-state index in [1.165, 1.54) is 11.6 Å². The van der Waals surface area contributed by atoms with Gasteiger partial charge in [0.2, 0.25) is 17.8 Å². The van der Waals surface area contributed by atoms with E-state index in [-0.39, 0.29) is 176 Å². The normalized spacial score (nSPS) is 15.3. The minimum Gasteiger partial charge on any atom is -0.735 e. The summed E-state index contributed by atoms with van der Waals surface area (Å²) >= 11 is 0. The molecular weight excluding hydrogens is 831 g/mol. The molecule has 0 aliphatic carbocycles. The second kappa shape index (κ2) is 32.3. The Hall–Kier alpha value is 0.490. The fourth-order valence-corrected chi connectivity index (χ4v) is 6.17. The largest absolute Gasteiger partial charge is 1.00 e. The number of aldehydes is 1. The number of rotatable bonds is 29. The SMILES string of the molecule is CC(CCCC(O)Nc1nc(NC(O)CCCC(O)NS(=O)(=O)[O-])nc(N(C(O)CCCC=O)C(O)CCCC(C)NS(=O)(=O)[O-])n1)N[S-](=O)=O.[Na+].[Na+].[Na+].[OH3+]. The van der Waals surface area contributed by atoms with Crippen molar-refractivity contribution < 1.29 is 159 Å². The van der Waals surface area contributed by atoms with Crippen molar-refractivity contribution in [3.8, 4) is 0 Å². The first kappa shape index (κ1) is 62.1. The molecule has 0 aliphatic rings. The summed E-state index contributed by atoms with van der Waals surface area (Å²) < 4.78 is 92.5. The third-order valence-corrected chi connectivity index (χ3v) is 8.81. The Morgan fingerprint density at radius 3 is 1.55 bits per heavy atom. The van der Waals surface area contributed by atoms with E-state index in [0.29, 0.717) is 19.1 Å². The van der Waals surface area contributed by atoms with Crippen molar-refractivity contribution in [2.75, 3.05) is 15.5 Å². The third-order valence-electron chi connectivity index (χ3n) is 6.97. The van der Waals surface area contributed by atoms with Crippen LogP contribution < -0.4 is 118 Å². The van der Waals surface area contributed by atoms with Gasteiger partial charge in [-0.2, -0.15) is 19.7 Å². The maximum Gasteiger partial charge on any atom is 1.00 e. The van der Waals surface area contributed by atoms with Crippen LogP contribution in [0.3, 0.4) is 0 Å². The summed E-state index contributed by atoms with van der Waals surface area (Å²) in [4.78, 5) is 24.4. The van der Waals surface area contributed by atoms with E-state index in [1.807, 2.05) is 4.72 Å². The number of nitrogens with zero attached hydrogens (tertiary/aromatic N) is 4. The molecule has 0 aromatic carbocycles. The fourth-order valence-electron chi connectivity index (χ4n) is 4.66. The molecule has 1 aromatic heterocycles.